The molecule has 0 fully saturated rings. The molecule has 0 aliphatic carbocycles. The lowest BCUT2D eigenvalue weighted by Crippen LogP contribution is -2.05. The Balaban J connectivity index is 2.02. The summed E-state index contributed by atoms with van der Waals surface area (Å²) < 4.78 is 25.7. The van der Waals surface area contributed by atoms with Crippen LogP contribution in [0.1, 0.15) is 0 Å². The fourth-order valence-electron chi connectivity index (χ4n) is 2.13. The van der Waals surface area contributed by atoms with Crippen LogP contribution in [0.5, 0.6) is 17.2 Å². The van der Waals surface area contributed by atoms with Gasteiger partial charge < -0.3 is 13.6 Å². The van der Waals surface area contributed by atoms with Gasteiger partial charge in [-0.3, -0.25) is 0 Å². The summed E-state index contributed by atoms with van der Waals surface area (Å²) in [5.41, 5.74) is 0. The zero-order valence-corrected chi connectivity index (χ0v) is 29.7. The third kappa shape index (κ3) is 7.40. The summed E-state index contributed by atoms with van der Waals surface area (Å²) >= 11 is 31.6. The topological polar surface area (TPSA) is 27.7 Å². The van der Waals surface area contributed by atoms with Gasteiger partial charge in [0.25, 0.3) is 0 Å². The highest BCUT2D eigenvalue weighted by atomic mass is 79.9. The van der Waals surface area contributed by atoms with Crippen LogP contribution in [-0.4, -0.2) is 0 Å². The third-order valence-electron chi connectivity index (χ3n) is 3.39. The largest absolute Gasteiger partial charge is 0.530 e. The fourth-order valence-corrected chi connectivity index (χ4v) is 11.3. The molecule has 3 nitrogen and oxygen atoms in total. The first kappa shape index (κ1) is 27.4. The lowest BCUT2D eigenvalue weighted by molar-refractivity contribution is 0.382. The number of benzene rings is 3. The van der Waals surface area contributed by atoms with E-state index in [1.54, 1.807) is 0 Å². The van der Waals surface area contributed by atoms with Crippen LogP contribution in [0.2, 0.25) is 0 Å². The van der Waals surface area contributed by atoms with Gasteiger partial charge in [0.15, 0.2) is 17.2 Å². The van der Waals surface area contributed by atoms with Crippen molar-refractivity contribution in [3.05, 3.63) is 76.7 Å². The molecule has 0 heterocycles. The zero-order chi connectivity index (χ0) is 22.9. The summed E-state index contributed by atoms with van der Waals surface area (Å²) in [5.74, 6) is 1.63. The van der Waals surface area contributed by atoms with E-state index in [2.05, 4.69) is 143 Å². The molecule has 0 spiro atoms. The molecule has 0 aromatic heterocycles. The Morgan fingerprint density at radius 1 is 0.387 bits per heavy atom. The molecule has 0 aliphatic heterocycles. The number of hydrogen-bond acceptors (Lipinski definition) is 3. The second kappa shape index (κ2) is 12.2. The maximum Gasteiger partial charge on any atom is 0.530 e. The van der Waals surface area contributed by atoms with Crippen molar-refractivity contribution in [2.24, 2.45) is 0 Å². The molecule has 3 aromatic rings. The van der Waals surface area contributed by atoms with E-state index in [-0.39, 0.29) is 0 Å². The normalized spacial score (nSPS) is 11.0. The predicted molar refractivity (Wildman–Crippen MR) is 157 cm³/mol. The molecular formula is C18H6Br9O3P. The van der Waals surface area contributed by atoms with E-state index in [9.17, 15) is 0 Å². The van der Waals surface area contributed by atoms with Crippen molar-refractivity contribution >= 4 is 152 Å². The summed E-state index contributed by atoms with van der Waals surface area (Å²) in [6.45, 7) is 0. The van der Waals surface area contributed by atoms with Gasteiger partial charge >= 0.3 is 8.60 Å². The van der Waals surface area contributed by atoms with Crippen molar-refractivity contribution < 1.29 is 13.6 Å². The zero-order valence-electron chi connectivity index (χ0n) is 14.5. The Bertz CT molecular complexity index is 932. The standard InChI is InChI=1S/C18H6Br9O3P/c19-7-1-10(22)16(11(23)2-7)28-31(29-17-12(24)3-8(20)4-13(17)25)30-18-14(26)5-9(21)6-15(18)27/h1-6H. The van der Waals surface area contributed by atoms with Gasteiger partial charge in [0.1, 0.15) is 0 Å². The molecule has 0 atom stereocenters. The summed E-state index contributed by atoms with van der Waals surface area (Å²) in [7, 11) is -1.94. The van der Waals surface area contributed by atoms with Crippen LogP contribution in [0.25, 0.3) is 0 Å². The maximum absolute atomic E-state index is 6.22. The van der Waals surface area contributed by atoms with E-state index in [0.717, 1.165) is 40.3 Å². The van der Waals surface area contributed by atoms with Crippen molar-refractivity contribution in [2.75, 3.05) is 0 Å². The Kier molecular flexibility index (Phi) is 10.8. The molecule has 0 aliphatic rings. The molecule has 0 bridgehead atoms. The van der Waals surface area contributed by atoms with Gasteiger partial charge in [-0.15, -0.1) is 0 Å². The molecule has 0 N–H and O–H groups in total. The van der Waals surface area contributed by atoms with E-state index in [4.69, 9.17) is 13.6 Å². The van der Waals surface area contributed by atoms with Crippen LogP contribution < -0.4 is 13.6 Å². The summed E-state index contributed by atoms with van der Waals surface area (Å²) in [6.07, 6.45) is 0. The van der Waals surface area contributed by atoms with Gasteiger partial charge in [-0.2, -0.15) is 0 Å². The first-order chi connectivity index (χ1) is 14.5. The van der Waals surface area contributed by atoms with Crippen molar-refractivity contribution in [1.29, 1.82) is 0 Å². The Hall–Kier alpha value is 1.81. The second-order valence-corrected chi connectivity index (χ2v) is 14.5. The quantitative estimate of drug-likeness (QED) is 0.230. The molecule has 0 saturated carbocycles. The average molecular weight is 1020 g/mol. The second-order valence-electron chi connectivity index (χ2n) is 5.59. The highest BCUT2D eigenvalue weighted by Crippen LogP contribution is 2.52. The first-order valence-corrected chi connectivity index (χ1v) is 16.1. The first-order valence-electron chi connectivity index (χ1n) is 7.83. The van der Waals surface area contributed by atoms with Crippen LogP contribution in [-0.2, 0) is 0 Å². The molecule has 0 unspecified atom stereocenters. The highest BCUT2D eigenvalue weighted by molar-refractivity contribution is 9.12. The van der Waals surface area contributed by atoms with Gasteiger partial charge in [-0.25, -0.2) is 0 Å². The lowest BCUT2D eigenvalue weighted by Gasteiger charge is -2.22. The Labute approximate surface area is 255 Å². The number of rotatable bonds is 6. The van der Waals surface area contributed by atoms with Crippen molar-refractivity contribution in [2.45, 2.75) is 0 Å². The SMILES string of the molecule is Brc1cc(Br)c(OP(Oc2c(Br)cc(Br)cc2Br)Oc2c(Br)cc(Br)cc2Br)c(Br)c1. The van der Waals surface area contributed by atoms with Gasteiger partial charge in [0, 0.05) is 13.4 Å². The predicted octanol–water partition coefficient (Wildman–Crippen LogP) is 12.3. The Morgan fingerprint density at radius 2 is 0.581 bits per heavy atom. The van der Waals surface area contributed by atoms with Crippen LogP contribution in [0, 0.1) is 0 Å². The summed E-state index contributed by atoms with van der Waals surface area (Å²) in [5, 5.41) is 0. The Morgan fingerprint density at radius 3 is 0.774 bits per heavy atom. The van der Waals surface area contributed by atoms with Crippen molar-refractivity contribution in [3.63, 3.8) is 0 Å². The minimum absolute atomic E-state index is 0.544. The molecular weight excluding hydrogens is 1010 g/mol. The van der Waals surface area contributed by atoms with E-state index >= 15 is 0 Å². The van der Waals surface area contributed by atoms with Crippen LogP contribution in [0.3, 0.4) is 0 Å². The van der Waals surface area contributed by atoms with Gasteiger partial charge in [-0.1, -0.05) is 47.8 Å². The summed E-state index contributed by atoms with van der Waals surface area (Å²) in [6, 6.07) is 11.3. The van der Waals surface area contributed by atoms with E-state index in [0.29, 0.717) is 17.2 Å². The van der Waals surface area contributed by atoms with Gasteiger partial charge in [-0.05, 0) is 132 Å². The van der Waals surface area contributed by atoms with E-state index < -0.39 is 8.60 Å². The molecule has 3 aromatic carbocycles. The van der Waals surface area contributed by atoms with Crippen molar-refractivity contribution in [1.82, 2.24) is 0 Å². The van der Waals surface area contributed by atoms with Crippen LogP contribution >= 0.6 is 152 Å². The fraction of sp³-hybridized carbons (Fsp3) is 0. The number of halogens is 9. The highest BCUT2D eigenvalue weighted by Gasteiger charge is 2.27. The monoisotopic (exact) mass is 1010 g/mol. The van der Waals surface area contributed by atoms with Gasteiger partial charge in [0.05, 0.1) is 26.8 Å². The van der Waals surface area contributed by atoms with Crippen molar-refractivity contribution in [3.8, 4) is 17.2 Å². The third-order valence-corrected chi connectivity index (χ3v) is 9.29. The average Bonchev–Trinajstić information content (AvgIpc) is 2.63. The molecule has 31 heavy (non-hydrogen) atoms. The van der Waals surface area contributed by atoms with Gasteiger partial charge in [0.2, 0.25) is 0 Å². The summed E-state index contributed by atoms with van der Waals surface area (Å²) in [4.78, 5) is 0. The van der Waals surface area contributed by atoms with Crippen LogP contribution in [0.15, 0.2) is 76.7 Å². The van der Waals surface area contributed by atoms with Crippen LogP contribution in [0.4, 0.5) is 0 Å². The van der Waals surface area contributed by atoms with E-state index in [1.165, 1.54) is 0 Å². The minimum atomic E-state index is -1.94. The maximum atomic E-state index is 6.22. The smallest absolute Gasteiger partial charge is 0.406 e. The molecule has 164 valence electrons. The molecule has 3 rings (SSSR count). The molecule has 13 heteroatoms. The minimum Gasteiger partial charge on any atom is -0.406 e. The molecule has 0 saturated heterocycles. The molecule has 0 radical (unpaired) electrons. The lowest BCUT2D eigenvalue weighted by atomic mass is 10.3. The van der Waals surface area contributed by atoms with E-state index in [1.807, 2.05) is 36.4 Å². The number of hydrogen-bond donors (Lipinski definition) is 0. The molecule has 0 amide bonds.